The molecule has 0 amide bonds. The van der Waals surface area contributed by atoms with Crippen LogP contribution in [0.1, 0.15) is 0 Å². The highest BCUT2D eigenvalue weighted by Gasteiger charge is 2.11. The van der Waals surface area contributed by atoms with Crippen LogP contribution in [-0.2, 0) is 0 Å². The number of aromatic amines is 2. The Morgan fingerprint density at radius 3 is 2.70 bits per heavy atom. The van der Waals surface area contributed by atoms with Crippen LogP contribution in [0.15, 0.2) is 63.9 Å². The first-order valence-electron chi connectivity index (χ1n) is 5.88. The topological polar surface area (TPSA) is 99.2 Å². The van der Waals surface area contributed by atoms with Gasteiger partial charge in [-0.15, -0.1) is 10.2 Å². The summed E-state index contributed by atoms with van der Waals surface area (Å²) in [6.45, 7) is 0. The summed E-state index contributed by atoms with van der Waals surface area (Å²) >= 11 is 0. The van der Waals surface area contributed by atoms with Crippen LogP contribution < -0.4 is 5.56 Å². The van der Waals surface area contributed by atoms with E-state index in [-0.39, 0.29) is 11.2 Å². The van der Waals surface area contributed by atoms with E-state index in [1.165, 1.54) is 0 Å². The van der Waals surface area contributed by atoms with Crippen LogP contribution in [0.4, 0.5) is 11.5 Å². The highest BCUT2D eigenvalue weighted by molar-refractivity contribution is 5.70. The molecule has 98 valence electrons. The minimum absolute atomic E-state index is 0.198. The highest BCUT2D eigenvalue weighted by atomic mass is 16.1. The van der Waals surface area contributed by atoms with Crippen molar-refractivity contribution in [2.24, 2.45) is 10.2 Å². The van der Waals surface area contributed by atoms with E-state index in [9.17, 15) is 4.79 Å². The third kappa shape index (κ3) is 2.37. The first kappa shape index (κ1) is 12.0. The normalized spacial score (nSPS) is 11.0. The van der Waals surface area contributed by atoms with E-state index in [0.29, 0.717) is 11.5 Å². The fourth-order valence-electron chi connectivity index (χ4n) is 1.68. The van der Waals surface area contributed by atoms with Gasteiger partial charge in [-0.1, -0.05) is 6.07 Å². The molecule has 3 rings (SSSR count). The molecule has 0 saturated heterocycles. The predicted molar refractivity (Wildman–Crippen MR) is 73.1 cm³/mol. The average Bonchev–Trinajstić information content (AvgIpc) is 2.88. The number of pyridine rings is 2. The molecule has 0 spiro atoms. The molecule has 0 radical (unpaired) electrons. The van der Waals surface area contributed by atoms with Gasteiger partial charge in [0.15, 0.2) is 11.5 Å². The predicted octanol–water partition coefficient (Wildman–Crippen LogP) is 2.58. The number of hydrogen-bond acceptors (Lipinski definition) is 5. The van der Waals surface area contributed by atoms with Gasteiger partial charge in [0, 0.05) is 24.2 Å². The maximum Gasteiger partial charge on any atom is 0.292 e. The van der Waals surface area contributed by atoms with Crippen molar-refractivity contribution in [1.29, 1.82) is 0 Å². The Morgan fingerprint density at radius 2 is 1.95 bits per heavy atom. The van der Waals surface area contributed by atoms with Crippen LogP contribution in [0.25, 0.3) is 11.3 Å². The van der Waals surface area contributed by atoms with Gasteiger partial charge < -0.3 is 0 Å². The van der Waals surface area contributed by atoms with Crippen molar-refractivity contribution < 1.29 is 0 Å². The second-order valence-corrected chi connectivity index (χ2v) is 3.93. The second kappa shape index (κ2) is 5.27. The molecular weight excluding hydrogens is 256 g/mol. The Hall–Kier alpha value is -3.09. The molecule has 0 unspecified atom stereocenters. The molecule has 3 aromatic rings. The fraction of sp³-hybridized carbons (Fsp3) is 0. The van der Waals surface area contributed by atoms with Crippen LogP contribution in [-0.4, -0.2) is 20.2 Å². The van der Waals surface area contributed by atoms with Gasteiger partial charge in [0.1, 0.15) is 0 Å². The maximum atomic E-state index is 11.8. The van der Waals surface area contributed by atoms with E-state index < -0.39 is 0 Å². The quantitative estimate of drug-likeness (QED) is 0.712. The molecule has 0 fully saturated rings. The minimum atomic E-state index is -0.344. The smallest absolute Gasteiger partial charge is 0.292 e. The van der Waals surface area contributed by atoms with Crippen LogP contribution in [0.5, 0.6) is 0 Å². The molecule has 0 aliphatic rings. The third-order valence-electron chi connectivity index (χ3n) is 2.60. The number of hydrogen-bond donors (Lipinski definition) is 2. The summed E-state index contributed by atoms with van der Waals surface area (Å²) in [5.41, 5.74) is 1.15. The zero-order valence-electron chi connectivity index (χ0n) is 10.3. The average molecular weight is 266 g/mol. The van der Waals surface area contributed by atoms with Gasteiger partial charge in [-0.25, -0.2) is 4.98 Å². The maximum absolute atomic E-state index is 11.8. The molecular formula is C13H10N6O. The van der Waals surface area contributed by atoms with E-state index in [1.807, 2.05) is 6.07 Å². The number of rotatable bonds is 3. The zero-order chi connectivity index (χ0) is 13.8. The van der Waals surface area contributed by atoms with Gasteiger partial charge in [0.25, 0.3) is 5.56 Å². The molecule has 3 aromatic heterocycles. The Labute approximate surface area is 113 Å². The Kier molecular flexibility index (Phi) is 3.15. The number of azo groups is 1. The van der Waals surface area contributed by atoms with E-state index >= 15 is 0 Å². The summed E-state index contributed by atoms with van der Waals surface area (Å²) in [6.07, 6.45) is 4.90. The largest absolute Gasteiger partial charge is 0.295 e. The molecule has 0 saturated carbocycles. The van der Waals surface area contributed by atoms with Gasteiger partial charge in [0.05, 0.1) is 5.69 Å². The molecule has 2 N–H and O–H groups in total. The molecule has 20 heavy (non-hydrogen) atoms. The van der Waals surface area contributed by atoms with Crippen molar-refractivity contribution in [3.05, 3.63) is 59.3 Å². The summed E-state index contributed by atoms with van der Waals surface area (Å²) in [4.78, 5) is 19.8. The summed E-state index contributed by atoms with van der Waals surface area (Å²) < 4.78 is 0. The van der Waals surface area contributed by atoms with Gasteiger partial charge >= 0.3 is 0 Å². The number of nitrogens with one attached hydrogen (secondary N) is 2. The Bertz CT molecular complexity index is 775. The van der Waals surface area contributed by atoms with Crippen LogP contribution >= 0.6 is 0 Å². The summed E-state index contributed by atoms with van der Waals surface area (Å²) in [5.74, 6) is 0.435. The Balaban J connectivity index is 2.01. The standard InChI is InChI=1S/C13H10N6O/c20-13-12(18-16-10-5-1-2-7-15-10)11(17-19-13)9-4-3-6-14-8-9/h1-8H,(H2,17,19,20). The van der Waals surface area contributed by atoms with E-state index in [4.69, 9.17) is 0 Å². The molecule has 0 atom stereocenters. The summed E-state index contributed by atoms with van der Waals surface area (Å²) in [5, 5.41) is 13.2. The number of aromatic nitrogens is 4. The van der Waals surface area contributed by atoms with Crippen molar-refractivity contribution in [2.45, 2.75) is 0 Å². The lowest BCUT2D eigenvalue weighted by atomic mass is 10.2. The second-order valence-electron chi connectivity index (χ2n) is 3.93. The molecule has 0 aliphatic heterocycles. The van der Waals surface area contributed by atoms with E-state index in [2.05, 4.69) is 30.4 Å². The fourth-order valence-corrected chi connectivity index (χ4v) is 1.68. The monoisotopic (exact) mass is 266 g/mol. The van der Waals surface area contributed by atoms with Gasteiger partial charge in [-0.05, 0) is 24.3 Å². The van der Waals surface area contributed by atoms with Crippen molar-refractivity contribution in [3.63, 3.8) is 0 Å². The summed E-state index contributed by atoms with van der Waals surface area (Å²) in [7, 11) is 0. The van der Waals surface area contributed by atoms with Crippen molar-refractivity contribution in [3.8, 4) is 11.3 Å². The van der Waals surface area contributed by atoms with E-state index in [1.54, 1.807) is 42.9 Å². The highest BCUT2D eigenvalue weighted by Crippen LogP contribution is 2.24. The SMILES string of the molecule is O=c1[nH][nH]c(-c2cccnc2)c1N=Nc1ccccn1. The van der Waals surface area contributed by atoms with Crippen LogP contribution in [0.2, 0.25) is 0 Å². The third-order valence-corrected chi connectivity index (χ3v) is 2.60. The van der Waals surface area contributed by atoms with Gasteiger partial charge in [-0.3, -0.25) is 20.0 Å². The molecule has 3 heterocycles. The Morgan fingerprint density at radius 1 is 1.00 bits per heavy atom. The van der Waals surface area contributed by atoms with E-state index in [0.717, 1.165) is 5.56 Å². The number of nitrogens with zero attached hydrogens (tertiary/aromatic N) is 4. The summed E-state index contributed by atoms with van der Waals surface area (Å²) in [6, 6.07) is 8.88. The van der Waals surface area contributed by atoms with Gasteiger partial charge in [-0.2, -0.15) is 0 Å². The van der Waals surface area contributed by atoms with Crippen molar-refractivity contribution in [2.75, 3.05) is 0 Å². The first-order valence-corrected chi connectivity index (χ1v) is 5.88. The molecule has 0 bridgehead atoms. The van der Waals surface area contributed by atoms with Crippen molar-refractivity contribution in [1.82, 2.24) is 20.2 Å². The minimum Gasteiger partial charge on any atom is -0.295 e. The lowest BCUT2D eigenvalue weighted by Crippen LogP contribution is -1.96. The molecule has 0 aromatic carbocycles. The molecule has 0 aliphatic carbocycles. The van der Waals surface area contributed by atoms with Crippen LogP contribution in [0.3, 0.4) is 0 Å². The van der Waals surface area contributed by atoms with Crippen molar-refractivity contribution >= 4 is 11.5 Å². The lowest BCUT2D eigenvalue weighted by molar-refractivity contribution is 1.06. The first-order chi connectivity index (χ1) is 9.84. The molecule has 7 nitrogen and oxygen atoms in total. The number of H-pyrrole nitrogens is 2. The lowest BCUT2D eigenvalue weighted by Gasteiger charge is -1.96. The molecule has 7 heteroatoms. The van der Waals surface area contributed by atoms with Crippen LogP contribution in [0, 0.1) is 0 Å². The zero-order valence-corrected chi connectivity index (χ0v) is 10.3. The van der Waals surface area contributed by atoms with Gasteiger partial charge in [0.2, 0.25) is 0 Å².